The van der Waals surface area contributed by atoms with Crippen molar-refractivity contribution in [1.29, 1.82) is 0 Å². The minimum atomic E-state index is -0.538. The van der Waals surface area contributed by atoms with Crippen LogP contribution in [0.5, 0.6) is 0 Å². The molecular formula is C24H30Cl2N2O2S. The second-order valence-corrected chi connectivity index (χ2v) is 9.42. The van der Waals surface area contributed by atoms with Crippen molar-refractivity contribution in [3.05, 3.63) is 64.1 Å². The van der Waals surface area contributed by atoms with E-state index in [2.05, 4.69) is 12.2 Å². The van der Waals surface area contributed by atoms with Crippen molar-refractivity contribution < 1.29 is 9.59 Å². The van der Waals surface area contributed by atoms with Gasteiger partial charge in [-0.1, -0.05) is 48.7 Å². The Balaban J connectivity index is 1.96. The Hall–Kier alpha value is -1.69. The highest BCUT2D eigenvalue weighted by atomic mass is 35.5. The van der Waals surface area contributed by atoms with Gasteiger partial charge in [-0.25, -0.2) is 0 Å². The van der Waals surface area contributed by atoms with Gasteiger partial charge in [0.2, 0.25) is 11.8 Å². The Bertz CT molecular complexity index is 828. The van der Waals surface area contributed by atoms with Gasteiger partial charge in [0.1, 0.15) is 6.04 Å². The molecule has 0 saturated heterocycles. The standard InChI is InChI=1S/C24H30Cl2N2O2S/c1-3-4-15-27-24(30)18(2)28(17-19-7-9-20(25)10-8-19)23(29)6-5-16-31-22-13-11-21(26)12-14-22/h7-14,18H,3-6,15-17H2,1-2H3,(H,27,30)/t18-/m0/s1. The maximum atomic E-state index is 13.0. The molecule has 0 saturated carbocycles. The average molecular weight is 481 g/mol. The predicted octanol–water partition coefficient (Wildman–Crippen LogP) is 6.20. The van der Waals surface area contributed by atoms with Crippen LogP contribution >= 0.6 is 35.0 Å². The molecule has 0 radical (unpaired) electrons. The van der Waals surface area contributed by atoms with Gasteiger partial charge in [0.15, 0.2) is 0 Å². The third kappa shape index (κ3) is 9.14. The second-order valence-electron chi connectivity index (χ2n) is 7.37. The number of nitrogens with zero attached hydrogens (tertiary/aromatic N) is 1. The highest BCUT2D eigenvalue weighted by Crippen LogP contribution is 2.22. The molecule has 0 spiro atoms. The van der Waals surface area contributed by atoms with Crippen LogP contribution in [0.3, 0.4) is 0 Å². The first-order chi connectivity index (χ1) is 14.9. The average Bonchev–Trinajstić information content (AvgIpc) is 2.77. The normalized spacial score (nSPS) is 11.7. The van der Waals surface area contributed by atoms with Crippen molar-refractivity contribution in [3.8, 4) is 0 Å². The van der Waals surface area contributed by atoms with Gasteiger partial charge >= 0.3 is 0 Å². The summed E-state index contributed by atoms with van der Waals surface area (Å²) in [4.78, 5) is 28.4. The molecule has 0 aliphatic heterocycles. The Morgan fingerprint density at radius 3 is 2.23 bits per heavy atom. The summed E-state index contributed by atoms with van der Waals surface area (Å²) in [7, 11) is 0. The van der Waals surface area contributed by atoms with Crippen molar-refractivity contribution in [2.75, 3.05) is 12.3 Å². The molecule has 1 N–H and O–H groups in total. The Morgan fingerprint density at radius 1 is 1.00 bits per heavy atom. The maximum Gasteiger partial charge on any atom is 0.242 e. The number of benzene rings is 2. The van der Waals surface area contributed by atoms with E-state index in [1.165, 1.54) is 0 Å². The van der Waals surface area contributed by atoms with Crippen LogP contribution in [0.15, 0.2) is 53.4 Å². The van der Waals surface area contributed by atoms with Crippen LogP contribution in [0.4, 0.5) is 0 Å². The highest BCUT2D eigenvalue weighted by Gasteiger charge is 2.25. The molecule has 31 heavy (non-hydrogen) atoms. The molecule has 0 aliphatic rings. The van der Waals surface area contributed by atoms with Gasteiger partial charge in [-0.2, -0.15) is 0 Å². The molecule has 7 heteroatoms. The van der Waals surface area contributed by atoms with Crippen LogP contribution in [0.1, 0.15) is 45.1 Å². The van der Waals surface area contributed by atoms with Crippen LogP contribution in [-0.2, 0) is 16.1 Å². The lowest BCUT2D eigenvalue weighted by Crippen LogP contribution is -2.47. The van der Waals surface area contributed by atoms with Gasteiger partial charge in [-0.05, 0) is 67.5 Å². The number of unbranched alkanes of at least 4 members (excludes halogenated alkanes) is 1. The highest BCUT2D eigenvalue weighted by molar-refractivity contribution is 7.99. The Morgan fingerprint density at radius 2 is 1.61 bits per heavy atom. The third-order valence-corrected chi connectivity index (χ3v) is 6.48. The minimum absolute atomic E-state index is 0.0233. The first-order valence-electron chi connectivity index (χ1n) is 10.6. The summed E-state index contributed by atoms with van der Waals surface area (Å²) in [5, 5.41) is 4.29. The summed E-state index contributed by atoms with van der Waals surface area (Å²) >= 11 is 13.6. The van der Waals surface area contributed by atoms with Gasteiger partial charge < -0.3 is 10.2 Å². The molecule has 0 bridgehead atoms. The number of thioether (sulfide) groups is 1. The maximum absolute atomic E-state index is 13.0. The van der Waals surface area contributed by atoms with E-state index in [4.69, 9.17) is 23.2 Å². The molecule has 1 atom stereocenters. The molecule has 168 valence electrons. The molecule has 0 unspecified atom stereocenters. The van der Waals surface area contributed by atoms with E-state index in [1.54, 1.807) is 35.7 Å². The molecule has 2 aromatic carbocycles. The SMILES string of the molecule is CCCCNC(=O)[C@H](C)N(Cc1ccc(Cl)cc1)C(=O)CCCSc1ccc(Cl)cc1. The molecule has 4 nitrogen and oxygen atoms in total. The summed E-state index contributed by atoms with van der Waals surface area (Å²) in [5.41, 5.74) is 0.946. The summed E-state index contributed by atoms with van der Waals surface area (Å²) in [6.45, 7) is 4.87. The fourth-order valence-electron chi connectivity index (χ4n) is 2.99. The molecule has 0 aromatic heterocycles. The number of nitrogens with one attached hydrogen (secondary N) is 1. The number of rotatable bonds is 12. The van der Waals surface area contributed by atoms with Crippen LogP contribution in [0, 0.1) is 0 Å². The molecule has 2 aromatic rings. The lowest BCUT2D eigenvalue weighted by Gasteiger charge is -2.29. The number of hydrogen-bond acceptors (Lipinski definition) is 3. The van der Waals surface area contributed by atoms with Gasteiger partial charge in [-0.3, -0.25) is 9.59 Å². The topological polar surface area (TPSA) is 49.4 Å². The summed E-state index contributed by atoms with van der Waals surface area (Å²) in [6, 6.07) is 14.5. The Labute approximate surface area is 199 Å². The van der Waals surface area contributed by atoms with E-state index in [9.17, 15) is 9.59 Å². The molecular weight excluding hydrogens is 451 g/mol. The largest absolute Gasteiger partial charge is 0.354 e. The van der Waals surface area contributed by atoms with E-state index >= 15 is 0 Å². The van der Waals surface area contributed by atoms with E-state index in [0.717, 1.165) is 35.5 Å². The number of halogens is 2. The van der Waals surface area contributed by atoms with Crippen LogP contribution in [0.2, 0.25) is 10.0 Å². The van der Waals surface area contributed by atoms with E-state index in [-0.39, 0.29) is 11.8 Å². The zero-order valence-corrected chi connectivity index (χ0v) is 20.4. The fourth-order valence-corrected chi connectivity index (χ4v) is 4.10. The van der Waals surface area contributed by atoms with E-state index < -0.39 is 6.04 Å². The third-order valence-electron chi connectivity index (χ3n) is 4.88. The van der Waals surface area contributed by atoms with Crippen molar-refractivity contribution in [1.82, 2.24) is 10.2 Å². The molecule has 0 fully saturated rings. The molecule has 0 heterocycles. The number of carbonyl (C=O) groups excluding carboxylic acids is 2. The van der Waals surface area contributed by atoms with E-state index in [1.807, 2.05) is 36.4 Å². The lowest BCUT2D eigenvalue weighted by molar-refractivity contribution is -0.140. The number of hydrogen-bond donors (Lipinski definition) is 1. The number of carbonyl (C=O) groups is 2. The van der Waals surface area contributed by atoms with Crippen molar-refractivity contribution >= 4 is 46.8 Å². The molecule has 2 rings (SSSR count). The summed E-state index contributed by atoms with van der Waals surface area (Å²) in [5.74, 6) is 0.676. The summed E-state index contributed by atoms with van der Waals surface area (Å²) < 4.78 is 0. The zero-order chi connectivity index (χ0) is 22.6. The smallest absolute Gasteiger partial charge is 0.242 e. The molecule has 2 amide bonds. The first-order valence-corrected chi connectivity index (χ1v) is 12.3. The van der Waals surface area contributed by atoms with Crippen molar-refractivity contribution in [3.63, 3.8) is 0 Å². The van der Waals surface area contributed by atoms with Gasteiger partial charge in [0.25, 0.3) is 0 Å². The van der Waals surface area contributed by atoms with Crippen LogP contribution < -0.4 is 5.32 Å². The van der Waals surface area contributed by atoms with Gasteiger partial charge in [0, 0.05) is 34.5 Å². The summed E-state index contributed by atoms with van der Waals surface area (Å²) in [6.07, 6.45) is 3.05. The zero-order valence-electron chi connectivity index (χ0n) is 18.1. The minimum Gasteiger partial charge on any atom is -0.354 e. The van der Waals surface area contributed by atoms with Crippen LogP contribution in [0.25, 0.3) is 0 Å². The van der Waals surface area contributed by atoms with Crippen LogP contribution in [-0.4, -0.2) is 35.1 Å². The van der Waals surface area contributed by atoms with E-state index in [0.29, 0.717) is 29.6 Å². The van der Waals surface area contributed by atoms with Crippen molar-refractivity contribution in [2.45, 2.75) is 57.0 Å². The Kier molecular flexibility index (Phi) is 11.3. The van der Waals surface area contributed by atoms with Gasteiger partial charge in [0.05, 0.1) is 0 Å². The van der Waals surface area contributed by atoms with Gasteiger partial charge in [-0.15, -0.1) is 11.8 Å². The first kappa shape index (κ1) is 25.6. The quantitative estimate of drug-likeness (QED) is 0.290. The lowest BCUT2D eigenvalue weighted by atomic mass is 10.1. The fraction of sp³-hybridized carbons (Fsp3) is 0.417. The monoisotopic (exact) mass is 480 g/mol. The second kappa shape index (κ2) is 13.7. The van der Waals surface area contributed by atoms with Crippen molar-refractivity contribution in [2.24, 2.45) is 0 Å². The number of amides is 2. The predicted molar refractivity (Wildman–Crippen MR) is 131 cm³/mol. The molecule has 0 aliphatic carbocycles.